The highest BCUT2D eigenvalue weighted by atomic mass is 15.1. The maximum atomic E-state index is 2.53. The molecule has 0 spiro atoms. The van der Waals surface area contributed by atoms with Gasteiger partial charge in [0, 0.05) is 27.7 Å². The van der Waals surface area contributed by atoms with Crippen LogP contribution in [-0.2, 0) is 5.41 Å². The van der Waals surface area contributed by atoms with E-state index in [0.717, 1.165) is 18.5 Å². The van der Waals surface area contributed by atoms with Crippen LogP contribution in [0.4, 0.5) is 17.1 Å². The number of benzene rings is 7. The zero-order chi connectivity index (χ0) is 32.8. The van der Waals surface area contributed by atoms with E-state index in [2.05, 4.69) is 184 Å². The highest BCUT2D eigenvalue weighted by Gasteiger charge is 2.43. The lowest BCUT2D eigenvalue weighted by Gasteiger charge is -2.33. The summed E-state index contributed by atoms with van der Waals surface area (Å²) in [5.74, 6) is 0. The third-order valence-corrected chi connectivity index (χ3v) is 10.6. The predicted octanol–water partition coefficient (Wildman–Crippen LogP) is 13.3. The molecule has 0 radical (unpaired) electrons. The molecule has 0 aromatic heterocycles. The van der Waals surface area contributed by atoms with E-state index in [9.17, 15) is 0 Å². The van der Waals surface area contributed by atoms with Crippen molar-refractivity contribution in [3.05, 3.63) is 174 Å². The van der Waals surface area contributed by atoms with E-state index in [1.165, 1.54) is 77.8 Å². The average molecular weight is 620 g/mol. The molecule has 1 aliphatic rings. The maximum Gasteiger partial charge on any atom is 0.0621 e. The molecule has 1 aliphatic carbocycles. The Balaban J connectivity index is 1.40. The lowest BCUT2D eigenvalue weighted by molar-refractivity contribution is 0.491. The first-order chi connectivity index (χ1) is 23.5. The molecule has 0 fully saturated rings. The Morgan fingerprint density at radius 2 is 1.04 bits per heavy atom. The van der Waals surface area contributed by atoms with Gasteiger partial charge in [-0.05, 0) is 112 Å². The van der Waals surface area contributed by atoms with Gasteiger partial charge in [0.2, 0.25) is 0 Å². The van der Waals surface area contributed by atoms with Gasteiger partial charge in [-0.25, -0.2) is 0 Å². The van der Waals surface area contributed by atoms with E-state index in [4.69, 9.17) is 0 Å². The van der Waals surface area contributed by atoms with Crippen LogP contribution in [0.5, 0.6) is 0 Å². The minimum atomic E-state index is -0.0239. The lowest BCUT2D eigenvalue weighted by Crippen LogP contribution is -2.23. The molecule has 0 heterocycles. The van der Waals surface area contributed by atoms with E-state index in [0.29, 0.717) is 0 Å². The van der Waals surface area contributed by atoms with Crippen LogP contribution in [0, 0.1) is 13.8 Å². The highest BCUT2D eigenvalue weighted by Crippen LogP contribution is 2.59. The van der Waals surface area contributed by atoms with Gasteiger partial charge < -0.3 is 4.90 Å². The molecule has 0 atom stereocenters. The van der Waals surface area contributed by atoms with Crippen LogP contribution in [-0.4, -0.2) is 0 Å². The van der Waals surface area contributed by atoms with Crippen molar-refractivity contribution in [3.63, 3.8) is 0 Å². The minimum absolute atomic E-state index is 0.0239. The summed E-state index contributed by atoms with van der Waals surface area (Å²) < 4.78 is 0. The second-order valence-electron chi connectivity index (χ2n) is 13.3. The van der Waals surface area contributed by atoms with Crippen LogP contribution in [0.1, 0.15) is 48.9 Å². The molecule has 0 saturated heterocycles. The van der Waals surface area contributed by atoms with Gasteiger partial charge in [0.1, 0.15) is 0 Å². The Labute approximate surface area is 285 Å². The standard InChI is InChI=1S/C47H41N/c1-5-47(6-2)43-23-15-14-22-42(43)45-44(47)31-36-18-10-11-21-41(36)46(45)48(38-29-32(3)28-33(4)30-38)37-26-24-35(25-27-37)40-20-13-12-19-39(40)34-16-8-7-9-17-34/h7-31H,5-6H2,1-4H3. The summed E-state index contributed by atoms with van der Waals surface area (Å²) >= 11 is 0. The zero-order valence-electron chi connectivity index (χ0n) is 28.3. The quantitative estimate of drug-likeness (QED) is 0.172. The Morgan fingerprint density at radius 1 is 0.479 bits per heavy atom. The summed E-state index contributed by atoms with van der Waals surface area (Å²) in [4.78, 5) is 2.53. The normalized spacial score (nSPS) is 12.9. The fraction of sp³-hybridized carbons (Fsp3) is 0.149. The summed E-state index contributed by atoms with van der Waals surface area (Å²) in [6.07, 6.45) is 2.12. The van der Waals surface area contributed by atoms with Gasteiger partial charge in [0.25, 0.3) is 0 Å². The highest BCUT2D eigenvalue weighted by molar-refractivity contribution is 6.10. The molecule has 0 bridgehead atoms. The second kappa shape index (κ2) is 12.0. The number of nitrogens with zero attached hydrogens (tertiary/aromatic N) is 1. The van der Waals surface area contributed by atoms with Gasteiger partial charge in [-0.15, -0.1) is 0 Å². The average Bonchev–Trinajstić information content (AvgIpc) is 3.41. The number of rotatable bonds is 7. The molecular formula is C47H41N. The van der Waals surface area contributed by atoms with E-state index < -0.39 is 0 Å². The Morgan fingerprint density at radius 3 is 1.71 bits per heavy atom. The Hall–Kier alpha value is -5.40. The van der Waals surface area contributed by atoms with Gasteiger partial charge in [-0.3, -0.25) is 0 Å². The van der Waals surface area contributed by atoms with Gasteiger partial charge in [-0.2, -0.15) is 0 Å². The second-order valence-corrected chi connectivity index (χ2v) is 13.3. The third-order valence-electron chi connectivity index (χ3n) is 10.6. The first-order valence-corrected chi connectivity index (χ1v) is 17.3. The number of fused-ring (bicyclic) bond motifs is 4. The fourth-order valence-corrected chi connectivity index (χ4v) is 8.37. The van der Waals surface area contributed by atoms with Crippen LogP contribution in [0.25, 0.3) is 44.2 Å². The lowest BCUT2D eigenvalue weighted by atomic mass is 9.73. The summed E-state index contributed by atoms with van der Waals surface area (Å²) in [5, 5.41) is 2.56. The van der Waals surface area contributed by atoms with Crippen molar-refractivity contribution in [2.45, 2.75) is 46.0 Å². The summed E-state index contributed by atoms with van der Waals surface area (Å²) in [5.41, 5.74) is 16.7. The van der Waals surface area contributed by atoms with E-state index in [1.807, 2.05) is 0 Å². The van der Waals surface area contributed by atoms with Crippen molar-refractivity contribution in [3.8, 4) is 33.4 Å². The molecule has 0 N–H and O–H groups in total. The Kier molecular flexibility index (Phi) is 7.49. The SMILES string of the molecule is CCC1(CC)c2ccccc2-c2c1cc1ccccc1c2N(c1ccc(-c2ccccc2-c2ccccc2)cc1)c1cc(C)cc(C)c1. The molecule has 7 aromatic rings. The molecule has 8 rings (SSSR count). The molecule has 0 unspecified atom stereocenters. The fourth-order valence-electron chi connectivity index (χ4n) is 8.37. The number of anilines is 3. The van der Waals surface area contributed by atoms with Crippen molar-refractivity contribution in [2.75, 3.05) is 4.90 Å². The van der Waals surface area contributed by atoms with Crippen molar-refractivity contribution < 1.29 is 0 Å². The maximum absolute atomic E-state index is 2.53. The predicted molar refractivity (Wildman–Crippen MR) is 206 cm³/mol. The summed E-state index contributed by atoms with van der Waals surface area (Å²) in [6.45, 7) is 9.14. The molecule has 0 aliphatic heterocycles. The Bertz CT molecular complexity index is 2250. The number of aryl methyl sites for hydroxylation is 2. The van der Waals surface area contributed by atoms with E-state index >= 15 is 0 Å². The molecule has 1 heteroatoms. The van der Waals surface area contributed by atoms with E-state index in [-0.39, 0.29) is 5.41 Å². The van der Waals surface area contributed by atoms with Crippen LogP contribution in [0.3, 0.4) is 0 Å². The first kappa shape index (κ1) is 30.0. The minimum Gasteiger partial charge on any atom is -0.309 e. The van der Waals surface area contributed by atoms with Gasteiger partial charge in [0.15, 0.2) is 0 Å². The van der Waals surface area contributed by atoms with Gasteiger partial charge >= 0.3 is 0 Å². The monoisotopic (exact) mass is 619 g/mol. The van der Waals surface area contributed by atoms with Crippen molar-refractivity contribution in [1.29, 1.82) is 0 Å². The van der Waals surface area contributed by atoms with Crippen LogP contribution in [0.2, 0.25) is 0 Å². The van der Waals surface area contributed by atoms with Crippen LogP contribution < -0.4 is 4.90 Å². The number of hydrogen-bond donors (Lipinski definition) is 0. The smallest absolute Gasteiger partial charge is 0.0621 e. The third kappa shape index (κ3) is 4.76. The van der Waals surface area contributed by atoms with Crippen LogP contribution in [0.15, 0.2) is 152 Å². The summed E-state index contributed by atoms with van der Waals surface area (Å²) in [7, 11) is 0. The largest absolute Gasteiger partial charge is 0.309 e. The molecule has 7 aromatic carbocycles. The first-order valence-electron chi connectivity index (χ1n) is 17.3. The molecule has 0 amide bonds. The topological polar surface area (TPSA) is 3.24 Å². The summed E-state index contributed by atoms with van der Waals surface area (Å²) in [6, 6.07) is 56.2. The van der Waals surface area contributed by atoms with Crippen molar-refractivity contribution in [2.24, 2.45) is 0 Å². The molecule has 0 saturated carbocycles. The zero-order valence-corrected chi connectivity index (χ0v) is 28.3. The van der Waals surface area contributed by atoms with Crippen molar-refractivity contribution >= 4 is 27.8 Å². The number of hydrogen-bond acceptors (Lipinski definition) is 1. The van der Waals surface area contributed by atoms with Crippen LogP contribution >= 0.6 is 0 Å². The molecule has 48 heavy (non-hydrogen) atoms. The van der Waals surface area contributed by atoms with Crippen molar-refractivity contribution in [1.82, 2.24) is 0 Å². The van der Waals surface area contributed by atoms with E-state index in [1.54, 1.807) is 0 Å². The molecule has 1 nitrogen and oxygen atoms in total. The van der Waals surface area contributed by atoms with Gasteiger partial charge in [-0.1, -0.05) is 135 Å². The molecular weight excluding hydrogens is 579 g/mol. The van der Waals surface area contributed by atoms with Gasteiger partial charge in [0.05, 0.1) is 5.69 Å². The molecule has 234 valence electrons.